The van der Waals surface area contributed by atoms with E-state index in [1.54, 1.807) is 0 Å². The Balaban J connectivity index is 2.03. The first-order valence-electron chi connectivity index (χ1n) is 10.3. The number of aryl methyl sites for hydroxylation is 1. The van der Waals surface area contributed by atoms with Crippen LogP contribution < -0.4 is 0 Å². The fourth-order valence-corrected chi connectivity index (χ4v) is 3.85. The van der Waals surface area contributed by atoms with Crippen molar-refractivity contribution >= 4 is 0 Å². The molecule has 0 bridgehead atoms. The molecule has 0 spiro atoms. The van der Waals surface area contributed by atoms with Crippen LogP contribution >= 0.6 is 0 Å². The van der Waals surface area contributed by atoms with Crippen molar-refractivity contribution in [1.29, 1.82) is 0 Å². The Bertz CT molecular complexity index is 646. The second kappa shape index (κ2) is 9.37. The van der Waals surface area contributed by atoms with Gasteiger partial charge in [-0.1, -0.05) is 75.7 Å². The molecule has 0 saturated heterocycles. The van der Waals surface area contributed by atoms with Crippen molar-refractivity contribution in [2.75, 3.05) is 21.1 Å². The Morgan fingerprint density at radius 3 is 1.81 bits per heavy atom. The fourth-order valence-electron chi connectivity index (χ4n) is 3.85. The zero-order valence-corrected chi connectivity index (χ0v) is 17.8. The van der Waals surface area contributed by atoms with Crippen molar-refractivity contribution in [3.05, 3.63) is 70.8 Å². The third-order valence-corrected chi connectivity index (χ3v) is 5.33. The van der Waals surface area contributed by atoms with Crippen LogP contribution in [-0.4, -0.2) is 25.6 Å². The summed E-state index contributed by atoms with van der Waals surface area (Å²) in [6.45, 7) is 8.02. The highest BCUT2D eigenvalue weighted by Gasteiger charge is 2.16. The predicted octanol–water partition coefficient (Wildman–Crippen LogP) is 6.53. The lowest BCUT2D eigenvalue weighted by Crippen LogP contribution is -2.33. The van der Waals surface area contributed by atoms with E-state index in [1.807, 2.05) is 0 Å². The van der Waals surface area contributed by atoms with Crippen molar-refractivity contribution < 1.29 is 4.48 Å². The predicted molar refractivity (Wildman–Crippen MR) is 115 cm³/mol. The first kappa shape index (κ1) is 20.7. The zero-order chi connectivity index (χ0) is 19.2. The van der Waals surface area contributed by atoms with Gasteiger partial charge in [0.05, 0.1) is 21.1 Å². The van der Waals surface area contributed by atoms with E-state index in [0.717, 1.165) is 11.0 Å². The molecule has 0 aliphatic rings. The molecule has 2 atom stereocenters. The second-order valence-corrected chi connectivity index (χ2v) is 8.92. The Hall–Kier alpha value is -1.60. The summed E-state index contributed by atoms with van der Waals surface area (Å²) in [6, 6.07) is 18.7. The summed E-state index contributed by atoms with van der Waals surface area (Å²) in [5, 5.41) is 0. The Kier molecular flexibility index (Phi) is 7.46. The minimum Gasteiger partial charge on any atom is -0.327 e. The SMILES string of the molecule is CCCc1ccc(C(C)CC(CC)c2ccc(C[N+](C)(C)C)cc2)cc1. The van der Waals surface area contributed by atoms with E-state index in [4.69, 9.17) is 0 Å². The highest BCUT2D eigenvalue weighted by atomic mass is 15.3. The quantitative estimate of drug-likeness (QED) is 0.450. The van der Waals surface area contributed by atoms with Crippen LogP contribution in [0.25, 0.3) is 0 Å². The monoisotopic (exact) mass is 352 g/mol. The minimum atomic E-state index is 0.599. The summed E-state index contributed by atoms with van der Waals surface area (Å²) in [5.41, 5.74) is 5.86. The maximum absolute atomic E-state index is 2.38. The summed E-state index contributed by atoms with van der Waals surface area (Å²) in [5.74, 6) is 1.24. The highest BCUT2D eigenvalue weighted by Crippen LogP contribution is 2.32. The topological polar surface area (TPSA) is 0 Å². The van der Waals surface area contributed by atoms with Crippen molar-refractivity contribution in [2.45, 2.75) is 64.8 Å². The van der Waals surface area contributed by atoms with E-state index in [2.05, 4.69) is 90.4 Å². The lowest BCUT2D eigenvalue weighted by atomic mass is 9.84. The van der Waals surface area contributed by atoms with Gasteiger partial charge in [-0.3, -0.25) is 0 Å². The summed E-state index contributed by atoms with van der Waals surface area (Å²) >= 11 is 0. The van der Waals surface area contributed by atoms with Crippen molar-refractivity contribution in [3.8, 4) is 0 Å². The van der Waals surface area contributed by atoms with Crippen molar-refractivity contribution in [3.63, 3.8) is 0 Å². The first-order valence-corrected chi connectivity index (χ1v) is 10.3. The number of benzene rings is 2. The lowest BCUT2D eigenvalue weighted by Gasteiger charge is -2.24. The minimum absolute atomic E-state index is 0.599. The summed E-state index contributed by atoms with van der Waals surface area (Å²) in [6.07, 6.45) is 4.83. The molecule has 0 amide bonds. The average Bonchev–Trinajstić information content (AvgIpc) is 2.60. The molecule has 0 saturated carbocycles. The molecule has 2 aromatic rings. The number of nitrogens with zero attached hydrogens (tertiary/aromatic N) is 1. The molecule has 0 aromatic heterocycles. The first-order chi connectivity index (χ1) is 12.3. The number of hydrogen-bond acceptors (Lipinski definition) is 0. The molecule has 2 aromatic carbocycles. The summed E-state index contributed by atoms with van der Waals surface area (Å²) in [7, 11) is 6.74. The largest absolute Gasteiger partial charge is 0.327 e. The van der Waals surface area contributed by atoms with Gasteiger partial charge in [0.2, 0.25) is 0 Å². The van der Waals surface area contributed by atoms with E-state index in [-0.39, 0.29) is 0 Å². The van der Waals surface area contributed by atoms with Gasteiger partial charge < -0.3 is 4.48 Å². The second-order valence-electron chi connectivity index (χ2n) is 8.92. The number of hydrogen-bond donors (Lipinski definition) is 0. The van der Waals surface area contributed by atoms with Gasteiger partial charge in [-0.15, -0.1) is 0 Å². The van der Waals surface area contributed by atoms with Gasteiger partial charge in [0.15, 0.2) is 0 Å². The molecule has 0 aliphatic heterocycles. The molecule has 0 radical (unpaired) electrons. The smallest absolute Gasteiger partial charge is 0.104 e. The number of rotatable bonds is 9. The van der Waals surface area contributed by atoms with Gasteiger partial charge in [0.1, 0.15) is 6.54 Å². The highest BCUT2D eigenvalue weighted by molar-refractivity contribution is 5.28. The third-order valence-electron chi connectivity index (χ3n) is 5.33. The van der Waals surface area contributed by atoms with E-state index < -0.39 is 0 Å². The molecule has 26 heavy (non-hydrogen) atoms. The molecule has 2 unspecified atom stereocenters. The maximum atomic E-state index is 2.38. The molecule has 2 rings (SSSR count). The molecule has 0 heterocycles. The average molecular weight is 353 g/mol. The normalized spacial score (nSPS) is 14.2. The Morgan fingerprint density at radius 1 is 0.769 bits per heavy atom. The van der Waals surface area contributed by atoms with Crippen LogP contribution in [0.15, 0.2) is 48.5 Å². The molecule has 142 valence electrons. The van der Waals surface area contributed by atoms with Crippen LogP contribution in [0.4, 0.5) is 0 Å². The van der Waals surface area contributed by atoms with Gasteiger partial charge in [0.25, 0.3) is 0 Å². The maximum Gasteiger partial charge on any atom is 0.104 e. The van der Waals surface area contributed by atoms with E-state index in [1.165, 1.54) is 47.9 Å². The van der Waals surface area contributed by atoms with Crippen molar-refractivity contribution in [2.24, 2.45) is 0 Å². The Morgan fingerprint density at radius 2 is 1.31 bits per heavy atom. The van der Waals surface area contributed by atoms with Gasteiger partial charge >= 0.3 is 0 Å². The van der Waals surface area contributed by atoms with Crippen molar-refractivity contribution in [1.82, 2.24) is 0 Å². The molecule has 0 N–H and O–H groups in total. The molecular weight excluding hydrogens is 314 g/mol. The van der Waals surface area contributed by atoms with Crippen LogP contribution in [0.3, 0.4) is 0 Å². The van der Waals surface area contributed by atoms with E-state index in [9.17, 15) is 0 Å². The molecule has 1 heteroatoms. The van der Waals surface area contributed by atoms with Crippen LogP contribution in [0.1, 0.15) is 74.1 Å². The fraction of sp³-hybridized carbons (Fsp3) is 0.520. The van der Waals surface area contributed by atoms with Gasteiger partial charge in [0, 0.05) is 5.56 Å². The third kappa shape index (κ3) is 6.29. The van der Waals surface area contributed by atoms with Gasteiger partial charge in [-0.25, -0.2) is 0 Å². The standard InChI is InChI=1S/C25H38N/c1-7-9-21-10-14-24(15-11-21)20(3)18-23(8-2)25-16-12-22(13-17-25)19-26(4,5)6/h10-17,20,23H,7-9,18-19H2,1-6H3/q+1. The van der Waals surface area contributed by atoms with Crippen LogP contribution in [-0.2, 0) is 13.0 Å². The van der Waals surface area contributed by atoms with Crippen LogP contribution in [0.5, 0.6) is 0 Å². The van der Waals surface area contributed by atoms with Gasteiger partial charge in [-0.05, 0) is 47.8 Å². The zero-order valence-electron chi connectivity index (χ0n) is 17.8. The molecular formula is C25H38N+. The van der Waals surface area contributed by atoms with Crippen LogP contribution in [0.2, 0.25) is 0 Å². The lowest BCUT2D eigenvalue weighted by molar-refractivity contribution is -0.884. The van der Waals surface area contributed by atoms with E-state index >= 15 is 0 Å². The summed E-state index contributed by atoms with van der Waals surface area (Å²) in [4.78, 5) is 0. The number of quaternary nitrogens is 1. The molecule has 0 fully saturated rings. The summed E-state index contributed by atoms with van der Waals surface area (Å²) < 4.78 is 0.974. The van der Waals surface area contributed by atoms with Crippen LogP contribution in [0, 0.1) is 0 Å². The van der Waals surface area contributed by atoms with E-state index in [0.29, 0.717) is 11.8 Å². The Labute approximate surface area is 161 Å². The molecule has 1 nitrogen and oxygen atoms in total. The molecule has 0 aliphatic carbocycles. The van der Waals surface area contributed by atoms with Gasteiger partial charge in [-0.2, -0.15) is 0 Å².